The molecule has 1 N–H and O–H groups in total. The molecule has 1 aliphatic carbocycles. The maximum Gasteiger partial charge on any atom is 0.294 e. The number of carbonyl (C=O) groups is 1. The third kappa shape index (κ3) is 4.78. The van der Waals surface area contributed by atoms with Gasteiger partial charge in [0.15, 0.2) is 5.16 Å². The van der Waals surface area contributed by atoms with Gasteiger partial charge in [-0.1, -0.05) is 42.6 Å². The highest BCUT2D eigenvalue weighted by molar-refractivity contribution is 7.99. The molecule has 0 bridgehead atoms. The van der Waals surface area contributed by atoms with Crippen molar-refractivity contribution in [3.05, 3.63) is 39.2 Å². The number of hydrogen-bond donors (Lipinski definition) is 1. The van der Waals surface area contributed by atoms with Crippen molar-refractivity contribution in [2.24, 2.45) is 0 Å². The molecule has 0 aliphatic heterocycles. The first-order chi connectivity index (χ1) is 13.0. The van der Waals surface area contributed by atoms with Crippen molar-refractivity contribution >= 4 is 40.6 Å². The summed E-state index contributed by atoms with van der Waals surface area (Å²) in [5, 5.41) is 23.0. The molecule has 8 nitrogen and oxygen atoms in total. The standard InChI is InChI=1S/C17H20ClN5O3S/c1-11-20-21-17(22(11)13-5-3-2-4-6-13)27-10-16(24)19-14-8-7-12(18)9-15(14)23(25)26/h7-9,13H,2-6,10H2,1H3,(H,19,24). The Morgan fingerprint density at radius 1 is 1.37 bits per heavy atom. The Balaban J connectivity index is 1.66. The molecule has 1 amide bonds. The second kappa shape index (κ2) is 8.71. The van der Waals surface area contributed by atoms with Crippen molar-refractivity contribution < 1.29 is 9.72 Å². The van der Waals surface area contributed by atoms with Gasteiger partial charge in [-0.25, -0.2) is 0 Å². The Morgan fingerprint density at radius 3 is 2.81 bits per heavy atom. The van der Waals surface area contributed by atoms with E-state index in [1.807, 2.05) is 6.92 Å². The van der Waals surface area contributed by atoms with Crippen molar-refractivity contribution in [2.75, 3.05) is 11.1 Å². The lowest BCUT2D eigenvalue weighted by molar-refractivity contribution is -0.383. The topological polar surface area (TPSA) is 103 Å². The summed E-state index contributed by atoms with van der Waals surface area (Å²) in [7, 11) is 0. The number of nitro benzene ring substituents is 1. The first-order valence-corrected chi connectivity index (χ1v) is 10.1. The molecule has 144 valence electrons. The number of amides is 1. The normalized spacial score (nSPS) is 14.9. The Hall–Kier alpha value is -2.13. The van der Waals surface area contributed by atoms with Crippen LogP contribution in [0.25, 0.3) is 0 Å². The Bertz CT molecular complexity index is 851. The summed E-state index contributed by atoms with van der Waals surface area (Å²) in [6.07, 6.45) is 5.81. The maximum absolute atomic E-state index is 12.3. The minimum atomic E-state index is -0.572. The number of nitro groups is 1. The Kier molecular flexibility index (Phi) is 6.33. The van der Waals surface area contributed by atoms with Gasteiger partial charge in [0.25, 0.3) is 5.69 Å². The van der Waals surface area contributed by atoms with E-state index in [9.17, 15) is 14.9 Å². The van der Waals surface area contributed by atoms with Crippen LogP contribution in [0.1, 0.15) is 44.0 Å². The molecule has 10 heteroatoms. The van der Waals surface area contributed by atoms with E-state index in [4.69, 9.17) is 11.6 Å². The fourth-order valence-electron chi connectivity index (χ4n) is 3.29. The van der Waals surface area contributed by atoms with E-state index in [-0.39, 0.29) is 28.1 Å². The molecule has 3 rings (SSSR count). The number of rotatable bonds is 6. The monoisotopic (exact) mass is 409 g/mol. The van der Waals surface area contributed by atoms with Crippen LogP contribution in [-0.4, -0.2) is 31.3 Å². The lowest BCUT2D eigenvalue weighted by Gasteiger charge is -2.24. The molecule has 1 heterocycles. The molecular formula is C17H20ClN5O3S. The van der Waals surface area contributed by atoms with Crippen molar-refractivity contribution in [1.82, 2.24) is 14.8 Å². The summed E-state index contributed by atoms with van der Waals surface area (Å²) < 4.78 is 2.11. The molecular weight excluding hydrogens is 390 g/mol. The van der Waals surface area contributed by atoms with Gasteiger partial charge in [0, 0.05) is 17.1 Å². The van der Waals surface area contributed by atoms with Gasteiger partial charge >= 0.3 is 0 Å². The van der Waals surface area contributed by atoms with Crippen LogP contribution in [0.2, 0.25) is 5.02 Å². The van der Waals surface area contributed by atoms with Gasteiger partial charge < -0.3 is 9.88 Å². The van der Waals surface area contributed by atoms with Crippen LogP contribution in [0.3, 0.4) is 0 Å². The fraction of sp³-hybridized carbons (Fsp3) is 0.471. The number of thioether (sulfide) groups is 1. The number of hydrogen-bond acceptors (Lipinski definition) is 6. The van der Waals surface area contributed by atoms with Gasteiger partial charge in [-0.15, -0.1) is 10.2 Å². The molecule has 1 fully saturated rings. The van der Waals surface area contributed by atoms with Gasteiger partial charge in [0.1, 0.15) is 11.5 Å². The zero-order valence-electron chi connectivity index (χ0n) is 14.9. The van der Waals surface area contributed by atoms with E-state index >= 15 is 0 Å². The highest BCUT2D eigenvalue weighted by Gasteiger charge is 2.22. The zero-order valence-corrected chi connectivity index (χ0v) is 16.4. The number of nitrogens with one attached hydrogen (secondary N) is 1. The number of benzene rings is 1. The number of anilines is 1. The van der Waals surface area contributed by atoms with E-state index in [1.165, 1.54) is 49.2 Å². The molecule has 0 atom stereocenters. The van der Waals surface area contributed by atoms with E-state index < -0.39 is 4.92 Å². The van der Waals surface area contributed by atoms with Crippen LogP contribution >= 0.6 is 23.4 Å². The Labute approximate surface area is 165 Å². The quantitative estimate of drug-likeness (QED) is 0.431. The third-order valence-corrected chi connectivity index (χ3v) is 5.72. The lowest BCUT2D eigenvalue weighted by atomic mass is 9.95. The van der Waals surface area contributed by atoms with Gasteiger partial charge in [-0.05, 0) is 31.9 Å². The van der Waals surface area contributed by atoms with Gasteiger partial charge in [-0.2, -0.15) is 0 Å². The van der Waals surface area contributed by atoms with Crippen molar-refractivity contribution in [1.29, 1.82) is 0 Å². The fourth-order valence-corrected chi connectivity index (χ4v) is 4.30. The van der Waals surface area contributed by atoms with Gasteiger partial charge in [0.2, 0.25) is 5.91 Å². The molecule has 0 unspecified atom stereocenters. The van der Waals surface area contributed by atoms with Crippen LogP contribution < -0.4 is 5.32 Å². The minimum absolute atomic E-state index is 0.0879. The Morgan fingerprint density at radius 2 is 2.11 bits per heavy atom. The molecule has 2 aromatic rings. The lowest BCUT2D eigenvalue weighted by Crippen LogP contribution is -2.18. The van der Waals surface area contributed by atoms with E-state index in [1.54, 1.807) is 0 Å². The van der Waals surface area contributed by atoms with Crippen molar-refractivity contribution in [2.45, 2.75) is 50.2 Å². The molecule has 27 heavy (non-hydrogen) atoms. The minimum Gasteiger partial charge on any atom is -0.320 e. The zero-order chi connectivity index (χ0) is 19.4. The van der Waals surface area contributed by atoms with E-state index in [2.05, 4.69) is 20.1 Å². The SMILES string of the molecule is Cc1nnc(SCC(=O)Nc2ccc(Cl)cc2[N+](=O)[O-])n1C1CCCCC1. The van der Waals surface area contributed by atoms with Crippen molar-refractivity contribution in [3.63, 3.8) is 0 Å². The van der Waals surface area contributed by atoms with Crippen LogP contribution in [-0.2, 0) is 4.79 Å². The number of aryl methyl sites for hydroxylation is 1. The highest BCUT2D eigenvalue weighted by atomic mass is 35.5. The largest absolute Gasteiger partial charge is 0.320 e. The van der Waals surface area contributed by atoms with Crippen molar-refractivity contribution in [3.8, 4) is 0 Å². The summed E-state index contributed by atoms with van der Waals surface area (Å²) in [5.74, 6) is 0.587. The molecule has 1 saturated carbocycles. The van der Waals surface area contributed by atoms with E-state index in [0.717, 1.165) is 18.7 Å². The number of carbonyl (C=O) groups excluding carboxylic acids is 1. The van der Waals surface area contributed by atoms with Crippen LogP contribution in [0, 0.1) is 17.0 Å². The predicted octanol–water partition coefficient (Wildman–Crippen LogP) is 4.38. The van der Waals surface area contributed by atoms with Crippen LogP contribution in [0.15, 0.2) is 23.4 Å². The van der Waals surface area contributed by atoms with Gasteiger partial charge in [0.05, 0.1) is 10.7 Å². The first-order valence-electron chi connectivity index (χ1n) is 8.74. The molecule has 1 aromatic carbocycles. The summed E-state index contributed by atoms with van der Waals surface area (Å²) >= 11 is 7.08. The van der Waals surface area contributed by atoms with Crippen LogP contribution in [0.5, 0.6) is 0 Å². The number of nitrogens with zero attached hydrogens (tertiary/aromatic N) is 4. The summed E-state index contributed by atoms with van der Waals surface area (Å²) in [6, 6.07) is 4.52. The third-order valence-electron chi connectivity index (χ3n) is 4.54. The van der Waals surface area contributed by atoms with Crippen LogP contribution in [0.4, 0.5) is 11.4 Å². The smallest absolute Gasteiger partial charge is 0.294 e. The predicted molar refractivity (Wildman–Crippen MR) is 104 cm³/mol. The number of aromatic nitrogens is 3. The second-order valence-corrected chi connectivity index (χ2v) is 7.83. The molecule has 0 spiro atoms. The van der Waals surface area contributed by atoms with Gasteiger partial charge in [-0.3, -0.25) is 14.9 Å². The second-order valence-electron chi connectivity index (χ2n) is 6.45. The summed E-state index contributed by atoms with van der Waals surface area (Å²) in [5.41, 5.74) is -0.109. The summed E-state index contributed by atoms with van der Waals surface area (Å²) in [4.78, 5) is 22.8. The van der Waals surface area contributed by atoms with E-state index in [0.29, 0.717) is 11.2 Å². The first kappa shape index (κ1) is 19.6. The molecule has 1 aromatic heterocycles. The highest BCUT2D eigenvalue weighted by Crippen LogP contribution is 2.33. The molecule has 1 aliphatic rings. The summed E-state index contributed by atoms with van der Waals surface area (Å²) in [6.45, 7) is 1.92. The maximum atomic E-state index is 12.3. The number of halogens is 1. The molecule has 0 saturated heterocycles. The average molecular weight is 410 g/mol. The molecule has 0 radical (unpaired) electrons. The average Bonchev–Trinajstić information content (AvgIpc) is 3.02.